The molecule has 0 amide bonds. The number of allylic oxidation sites excluding steroid dienone is 1. The number of ether oxygens (including phenoxy) is 1. The summed E-state index contributed by atoms with van der Waals surface area (Å²) in [6.45, 7) is 0. The summed E-state index contributed by atoms with van der Waals surface area (Å²) in [5, 5.41) is 9.70. The van der Waals surface area contributed by atoms with Crippen LogP contribution in [0.2, 0.25) is 0 Å². The maximum absolute atomic E-state index is 12.5. The molecule has 0 atom stereocenters. The van der Waals surface area contributed by atoms with Gasteiger partial charge in [-0.1, -0.05) is 78.9 Å². The molecular formula is C22H15NO2. The molecule has 0 spiro atoms. The van der Waals surface area contributed by atoms with Crippen LogP contribution in [-0.2, 0) is 4.74 Å². The average molecular weight is 325 g/mol. The smallest absolute Gasteiger partial charge is 0.343 e. The molecule has 0 aromatic heterocycles. The van der Waals surface area contributed by atoms with Crippen molar-refractivity contribution < 1.29 is 9.53 Å². The Bertz CT molecular complexity index is 924. The zero-order chi connectivity index (χ0) is 17.5. The van der Waals surface area contributed by atoms with E-state index in [4.69, 9.17) is 4.74 Å². The van der Waals surface area contributed by atoms with Gasteiger partial charge in [0.15, 0.2) is 5.76 Å². The number of hydrogen-bond acceptors (Lipinski definition) is 3. The number of nitrogens with zero attached hydrogens (tertiary/aromatic N) is 1. The van der Waals surface area contributed by atoms with Crippen LogP contribution in [0.1, 0.15) is 21.5 Å². The fourth-order valence-electron chi connectivity index (χ4n) is 2.42. The van der Waals surface area contributed by atoms with Gasteiger partial charge in [0.25, 0.3) is 0 Å². The van der Waals surface area contributed by atoms with Gasteiger partial charge in [-0.05, 0) is 17.7 Å². The maximum Gasteiger partial charge on any atom is 0.343 e. The van der Waals surface area contributed by atoms with Crippen LogP contribution in [0.25, 0.3) is 11.3 Å². The Labute approximate surface area is 146 Å². The van der Waals surface area contributed by atoms with E-state index in [1.165, 1.54) is 0 Å². The quantitative estimate of drug-likeness (QED) is 0.295. The summed E-state index contributed by atoms with van der Waals surface area (Å²) >= 11 is 0. The molecule has 0 saturated heterocycles. The zero-order valence-electron chi connectivity index (χ0n) is 13.4. The summed E-state index contributed by atoms with van der Waals surface area (Å²) in [5.41, 5.74) is 2.12. The van der Waals surface area contributed by atoms with Crippen LogP contribution in [0.4, 0.5) is 0 Å². The lowest BCUT2D eigenvalue weighted by Gasteiger charge is -2.12. The molecule has 3 aromatic carbocycles. The van der Waals surface area contributed by atoms with Crippen molar-refractivity contribution in [2.75, 3.05) is 0 Å². The van der Waals surface area contributed by atoms with Crippen molar-refractivity contribution in [3.8, 4) is 6.07 Å². The molecule has 0 heterocycles. The van der Waals surface area contributed by atoms with Gasteiger partial charge in [0.05, 0.1) is 5.56 Å². The first kappa shape index (κ1) is 16.2. The summed E-state index contributed by atoms with van der Waals surface area (Å²) in [7, 11) is 0. The molecule has 0 N–H and O–H groups in total. The predicted molar refractivity (Wildman–Crippen MR) is 97.2 cm³/mol. The summed E-state index contributed by atoms with van der Waals surface area (Å²) in [4.78, 5) is 12.5. The van der Waals surface area contributed by atoms with Crippen LogP contribution in [0.15, 0.2) is 91.0 Å². The van der Waals surface area contributed by atoms with Crippen LogP contribution in [0.3, 0.4) is 0 Å². The molecule has 0 radical (unpaired) electrons. The third kappa shape index (κ3) is 3.82. The lowest BCUT2D eigenvalue weighted by Crippen LogP contribution is -2.06. The molecule has 0 aliphatic rings. The Balaban J connectivity index is 2.09. The van der Waals surface area contributed by atoms with E-state index in [2.05, 4.69) is 6.07 Å². The summed E-state index contributed by atoms with van der Waals surface area (Å²) in [5.74, 6) is -0.244. The van der Waals surface area contributed by atoms with Crippen molar-refractivity contribution >= 4 is 17.3 Å². The van der Waals surface area contributed by atoms with Gasteiger partial charge in [-0.15, -0.1) is 0 Å². The highest BCUT2D eigenvalue weighted by atomic mass is 16.5. The molecule has 0 bridgehead atoms. The van der Waals surface area contributed by atoms with Crippen LogP contribution in [-0.4, -0.2) is 5.97 Å². The van der Waals surface area contributed by atoms with Crippen molar-refractivity contribution in [3.05, 3.63) is 108 Å². The fourth-order valence-corrected chi connectivity index (χ4v) is 2.42. The number of benzene rings is 3. The molecule has 3 nitrogen and oxygen atoms in total. The SMILES string of the molecule is N#C/C(=C(\OC(=O)c1ccccc1)c1ccccc1)c1ccccc1. The number of carbonyl (C=O) groups excluding carboxylic acids is 1. The highest BCUT2D eigenvalue weighted by molar-refractivity contribution is 6.01. The Hall–Kier alpha value is -3.64. The van der Waals surface area contributed by atoms with E-state index in [-0.39, 0.29) is 5.76 Å². The number of nitriles is 1. The first-order chi connectivity index (χ1) is 12.3. The summed E-state index contributed by atoms with van der Waals surface area (Å²) < 4.78 is 5.65. The summed E-state index contributed by atoms with van der Waals surface area (Å²) in [6, 6.07) is 29.3. The van der Waals surface area contributed by atoms with Gasteiger partial charge in [-0.3, -0.25) is 0 Å². The molecule has 120 valence electrons. The zero-order valence-corrected chi connectivity index (χ0v) is 13.4. The minimum Gasteiger partial charge on any atom is -0.421 e. The molecule has 3 heteroatoms. The molecule has 3 aromatic rings. The minimum absolute atomic E-state index is 0.253. The fraction of sp³-hybridized carbons (Fsp3) is 0. The van der Waals surface area contributed by atoms with E-state index in [0.29, 0.717) is 22.3 Å². The van der Waals surface area contributed by atoms with Gasteiger partial charge >= 0.3 is 5.97 Å². The third-order valence-electron chi connectivity index (χ3n) is 3.64. The van der Waals surface area contributed by atoms with Crippen LogP contribution in [0.5, 0.6) is 0 Å². The summed E-state index contributed by atoms with van der Waals surface area (Å²) in [6.07, 6.45) is 0. The molecule has 0 aliphatic carbocycles. The molecule has 0 unspecified atom stereocenters. The van der Waals surface area contributed by atoms with Gasteiger partial charge in [0, 0.05) is 5.56 Å². The highest BCUT2D eigenvalue weighted by Gasteiger charge is 2.17. The first-order valence-electron chi connectivity index (χ1n) is 7.82. The lowest BCUT2D eigenvalue weighted by molar-refractivity contribution is 0.0693. The second-order valence-electron chi connectivity index (χ2n) is 5.30. The third-order valence-corrected chi connectivity index (χ3v) is 3.64. The molecule has 0 aliphatic heterocycles. The van der Waals surface area contributed by atoms with E-state index < -0.39 is 5.97 Å². The Morgan fingerprint density at radius 2 is 1.12 bits per heavy atom. The van der Waals surface area contributed by atoms with Crippen molar-refractivity contribution in [1.29, 1.82) is 5.26 Å². The Morgan fingerprint density at radius 3 is 1.60 bits per heavy atom. The van der Waals surface area contributed by atoms with Gasteiger partial charge < -0.3 is 4.74 Å². The number of carbonyl (C=O) groups is 1. The molecule has 0 fully saturated rings. The Morgan fingerprint density at radius 1 is 0.680 bits per heavy atom. The van der Waals surface area contributed by atoms with Crippen molar-refractivity contribution in [3.63, 3.8) is 0 Å². The first-order valence-corrected chi connectivity index (χ1v) is 7.82. The average Bonchev–Trinajstić information content (AvgIpc) is 2.70. The molecule has 25 heavy (non-hydrogen) atoms. The topological polar surface area (TPSA) is 50.1 Å². The van der Waals surface area contributed by atoms with Crippen molar-refractivity contribution in [1.82, 2.24) is 0 Å². The second-order valence-corrected chi connectivity index (χ2v) is 5.30. The van der Waals surface area contributed by atoms with Crippen molar-refractivity contribution in [2.24, 2.45) is 0 Å². The van der Waals surface area contributed by atoms with Crippen LogP contribution >= 0.6 is 0 Å². The van der Waals surface area contributed by atoms with E-state index in [0.717, 1.165) is 0 Å². The van der Waals surface area contributed by atoms with Gasteiger partial charge in [-0.2, -0.15) is 5.26 Å². The van der Waals surface area contributed by atoms with Crippen LogP contribution < -0.4 is 0 Å². The normalized spacial score (nSPS) is 11.2. The van der Waals surface area contributed by atoms with E-state index in [1.54, 1.807) is 24.3 Å². The minimum atomic E-state index is -0.497. The number of esters is 1. The van der Waals surface area contributed by atoms with Crippen LogP contribution in [0, 0.1) is 11.3 Å². The number of hydrogen-bond donors (Lipinski definition) is 0. The van der Waals surface area contributed by atoms with Gasteiger partial charge in [0.1, 0.15) is 11.6 Å². The largest absolute Gasteiger partial charge is 0.421 e. The number of rotatable bonds is 4. The standard InChI is InChI=1S/C22H15NO2/c23-16-20(17-10-4-1-5-11-17)21(18-12-6-2-7-13-18)25-22(24)19-14-8-3-9-15-19/h1-15H/b21-20+. The predicted octanol–water partition coefficient (Wildman–Crippen LogP) is 4.94. The highest BCUT2D eigenvalue weighted by Crippen LogP contribution is 2.28. The van der Waals surface area contributed by atoms with E-state index in [9.17, 15) is 10.1 Å². The Kier molecular flexibility index (Phi) is 5.04. The molecule has 3 rings (SSSR count). The monoisotopic (exact) mass is 325 g/mol. The second kappa shape index (κ2) is 7.76. The lowest BCUT2D eigenvalue weighted by atomic mass is 10.0. The maximum atomic E-state index is 12.5. The van der Waals surface area contributed by atoms with Crippen molar-refractivity contribution in [2.45, 2.75) is 0 Å². The van der Waals surface area contributed by atoms with E-state index >= 15 is 0 Å². The molecular weight excluding hydrogens is 310 g/mol. The van der Waals surface area contributed by atoms with Gasteiger partial charge in [0.2, 0.25) is 0 Å². The molecule has 0 saturated carbocycles. The van der Waals surface area contributed by atoms with Gasteiger partial charge in [-0.25, -0.2) is 4.79 Å². The van der Waals surface area contributed by atoms with E-state index in [1.807, 2.05) is 66.7 Å².